The molecular weight excluding hydrogens is 491 g/mol. The van der Waals surface area contributed by atoms with Gasteiger partial charge >= 0.3 is 0 Å². The Balaban J connectivity index is 1.98. The first-order valence-corrected chi connectivity index (χ1v) is 13.1. The summed E-state index contributed by atoms with van der Waals surface area (Å²) in [5.41, 5.74) is 4.95. The van der Waals surface area contributed by atoms with Crippen LogP contribution in [0.25, 0.3) is 0 Å². The zero-order valence-corrected chi connectivity index (χ0v) is 22.7. The Labute approximate surface area is 224 Å². The van der Waals surface area contributed by atoms with Crippen molar-refractivity contribution in [3.8, 4) is 0 Å². The predicted molar refractivity (Wildman–Crippen MR) is 148 cm³/mol. The Morgan fingerprint density at radius 1 is 0.861 bits per heavy atom. The molecule has 1 atom stereocenters. The molecule has 0 aliphatic heterocycles. The number of rotatable bonds is 11. The molecule has 0 fully saturated rings. The van der Waals surface area contributed by atoms with Crippen molar-refractivity contribution < 1.29 is 9.59 Å². The quantitative estimate of drug-likeness (QED) is 0.283. The lowest BCUT2D eigenvalue weighted by Crippen LogP contribution is -2.51. The molecule has 0 saturated heterocycles. The second-order valence-corrected chi connectivity index (χ2v) is 10.1. The van der Waals surface area contributed by atoms with Gasteiger partial charge in [0.25, 0.3) is 0 Å². The van der Waals surface area contributed by atoms with Crippen molar-refractivity contribution in [2.75, 3.05) is 6.54 Å². The molecule has 0 aliphatic carbocycles. The second kappa shape index (κ2) is 13.5. The number of halogens is 2. The molecular formula is C30H34Cl2N2O2. The summed E-state index contributed by atoms with van der Waals surface area (Å²) >= 11 is 12.4. The maximum Gasteiger partial charge on any atom is 0.243 e. The van der Waals surface area contributed by atoms with Crippen molar-refractivity contribution in [3.05, 3.63) is 105 Å². The van der Waals surface area contributed by atoms with Crippen molar-refractivity contribution in [2.45, 2.75) is 59.0 Å². The molecule has 4 nitrogen and oxygen atoms in total. The number of hydrogen-bond donors (Lipinski definition) is 1. The molecule has 190 valence electrons. The first-order chi connectivity index (χ1) is 17.3. The molecule has 3 rings (SSSR count). The van der Waals surface area contributed by atoms with Crippen LogP contribution in [0.2, 0.25) is 10.0 Å². The summed E-state index contributed by atoms with van der Waals surface area (Å²) in [6.07, 6.45) is 2.48. The van der Waals surface area contributed by atoms with Crippen LogP contribution < -0.4 is 5.32 Å². The van der Waals surface area contributed by atoms with E-state index >= 15 is 0 Å². The molecule has 0 saturated carbocycles. The Bertz CT molecular complexity index is 1160. The number of unbranched alkanes of at least 4 members (excludes halogenated alkanes) is 1. The number of benzene rings is 3. The molecule has 1 N–H and O–H groups in total. The van der Waals surface area contributed by atoms with Crippen LogP contribution in [0.3, 0.4) is 0 Å². The van der Waals surface area contributed by atoms with E-state index in [0.717, 1.165) is 40.7 Å². The van der Waals surface area contributed by atoms with Crippen molar-refractivity contribution in [3.63, 3.8) is 0 Å². The lowest BCUT2D eigenvalue weighted by Gasteiger charge is -2.32. The Kier molecular flexibility index (Phi) is 10.4. The topological polar surface area (TPSA) is 49.4 Å². The molecule has 0 aromatic heterocycles. The Morgan fingerprint density at radius 2 is 1.56 bits per heavy atom. The minimum Gasteiger partial charge on any atom is -0.354 e. The predicted octanol–water partition coefficient (Wildman–Crippen LogP) is 6.71. The smallest absolute Gasteiger partial charge is 0.243 e. The highest BCUT2D eigenvalue weighted by molar-refractivity contribution is 6.42. The fraction of sp³-hybridized carbons (Fsp3) is 0.333. The zero-order valence-electron chi connectivity index (χ0n) is 21.2. The zero-order chi connectivity index (χ0) is 26.1. The number of amides is 2. The summed E-state index contributed by atoms with van der Waals surface area (Å²) in [6, 6.07) is 20.6. The minimum atomic E-state index is -0.669. The summed E-state index contributed by atoms with van der Waals surface area (Å²) in [6.45, 7) is 6.95. The fourth-order valence-corrected chi connectivity index (χ4v) is 4.66. The van der Waals surface area contributed by atoms with Gasteiger partial charge in [0.05, 0.1) is 16.5 Å². The van der Waals surface area contributed by atoms with Crippen LogP contribution >= 0.6 is 23.2 Å². The van der Waals surface area contributed by atoms with Gasteiger partial charge in [-0.3, -0.25) is 9.59 Å². The molecule has 0 unspecified atom stereocenters. The van der Waals surface area contributed by atoms with E-state index in [0.29, 0.717) is 23.0 Å². The van der Waals surface area contributed by atoms with E-state index in [1.54, 1.807) is 17.0 Å². The van der Waals surface area contributed by atoms with Gasteiger partial charge in [0, 0.05) is 19.5 Å². The average Bonchev–Trinajstić information content (AvgIpc) is 2.83. The van der Waals surface area contributed by atoms with Crippen molar-refractivity contribution >= 4 is 35.0 Å². The maximum absolute atomic E-state index is 13.8. The number of aryl methyl sites for hydroxylation is 2. The number of hydrogen-bond acceptors (Lipinski definition) is 2. The average molecular weight is 526 g/mol. The van der Waals surface area contributed by atoms with Gasteiger partial charge < -0.3 is 10.2 Å². The summed E-state index contributed by atoms with van der Waals surface area (Å²) in [4.78, 5) is 29.0. The first-order valence-electron chi connectivity index (χ1n) is 12.4. The first kappa shape index (κ1) is 27.8. The Morgan fingerprint density at radius 3 is 2.19 bits per heavy atom. The van der Waals surface area contributed by atoms with E-state index in [9.17, 15) is 9.59 Å². The molecule has 0 radical (unpaired) electrons. The van der Waals surface area contributed by atoms with Gasteiger partial charge in [0.2, 0.25) is 11.8 Å². The molecule has 6 heteroatoms. The highest BCUT2D eigenvalue weighted by atomic mass is 35.5. The van der Waals surface area contributed by atoms with Crippen LogP contribution in [0.4, 0.5) is 0 Å². The van der Waals surface area contributed by atoms with Gasteiger partial charge in [-0.15, -0.1) is 0 Å². The van der Waals surface area contributed by atoms with Gasteiger partial charge in [-0.2, -0.15) is 0 Å². The lowest BCUT2D eigenvalue weighted by molar-refractivity contribution is -0.140. The minimum absolute atomic E-state index is 0.113. The van der Waals surface area contributed by atoms with Gasteiger partial charge in [0.15, 0.2) is 0 Å². The van der Waals surface area contributed by atoms with Crippen LogP contribution in [-0.2, 0) is 29.0 Å². The summed E-state index contributed by atoms with van der Waals surface area (Å²) in [7, 11) is 0. The molecule has 0 spiro atoms. The highest BCUT2D eigenvalue weighted by Crippen LogP contribution is 2.25. The third-order valence-electron chi connectivity index (χ3n) is 6.07. The van der Waals surface area contributed by atoms with E-state index in [1.165, 1.54) is 0 Å². The molecule has 0 aliphatic rings. The van der Waals surface area contributed by atoms with Crippen molar-refractivity contribution in [2.24, 2.45) is 0 Å². The summed E-state index contributed by atoms with van der Waals surface area (Å²) in [5.74, 6) is -0.265. The molecule has 2 amide bonds. The van der Waals surface area contributed by atoms with Crippen molar-refractivity contribution in [1.82, 2.24) is 10.2 Å². The maximum atomic E-state index is 13.8. The largest absolute Gasteiger partial charge is 0.354 e. The van der Waals surface area contributed by atoms with Gasteiger partial charge in [-0.1, -0.05) is 102 Å². The SMILES string of the molecule is CCCCNC(=O)[C@H](Cc1ccccc1)N(Cc1ccc(Cl)c(Cl)c1)C(=O)Cc1cc(C)cc(C)c1. The van der Waals surface area contributed by atoms with Crippen LogP contribution in [0.5, 0.6) is 0 Å². The van der Waals surface area contributed by atoms with Crippen LogP contribution in [0, 0.1) is 13.8 Å². The van der Waals surface area contributed by atoms with Crippen LogP contribution in [0.1, 0.15) is 47.6 Å². The number of carbonyl (C=O) groups is 2. The van der Waals surface area contributed by atoms with Crippen LogP contribution in [-0.4, -0.2) is 29.3 Å². The summed E-state index contributed by atoms with van der Waals surface area (Å²) < 4.78 is 0. The molecule has 0 heterocycles. The van der Waals surface area contributed by atoms with Gasteiger partial charge in [-0.05, 0) is 49.1 Å². The monoisotopic (exact) mass is 524 g/mol. The number of nitrogens with zero attached hydrogens (tertiary/aromatic N) is 1. The van der Waals surface area contributed by atoms with E-state index < -0.39 is 6.04 Å². The lowest BCUT2D eigenvalue weighted by atomic mass is 10.00. The molecule has 3 aromatic carbocycles. The normalized spacial score (nSPS) is 11.7. The third-order valence-corrected chi connectivity index (χ3v) is 6.81. The Hall–Kier alpha value is -2.82. The van der Waals surface area contributed by atoms with Gasteiger partial charge in [0.1, 0.15) is 6.04 Å². The van der Waals surface area contributed by atoms with Crippen molar-refractivity contribution in [1.29, 1.82) is 0 Å². The molecule has 0 bridgehead atoms. The van der Waals surface area contributed by atoms with Gasteiger partial charge in [-0.25, -0.2) is 0 Å². The molecule has 36 heavy (non-hydrogen) atoms. The third kappa shape index (κ3) is 8.11. The van der Waals surface area contributed by atoms with E-state index in [4.69, 9.17) is 23.2 Å². The van der Waals surface area contributed by atoms with E-state index in [-0.39, 0.29) is 24.8 Å². The standard InChI is InChI=1S/C30H34Cl2N2O2/c1-4-5-13-33-30(36)28(18-23-9-7-6-8-10-23)34(20-24-11-12-26(31)27(32)17-24)29(35)19-25-15-21(2)14-22(3)16-25/h6-12,14-17,28H,4-5,13,18-20H2,1-3H3,(H,33,36)/t28-/m0/s1. The molecule has 3 aromatic rings. The van der Waals surface area contributed by atoms with E-state index in [1.807, 2.05) is 62.4 Å². The highest BCUT2D eigenvalue weighted by Gasteiger charge is 2.30. The van der Waals surface area contributed by atoms with Crippen LogP contribution in [0.15, 0.2) is 66.7 Å². The second-order valence-electron chi connectivity index (χ2n) is 9.29. The summed E-state index contributed by atoms with van der Waals surface area (Å²) in [5, 5.41) is 3.92. The number of nitrogens with one attached hydrogen (secondary N) is 1. The number of carbonyl (C=O) groups excluding carboxylic acids is 2. The van der Waals surface area contributed by atoms with E-state index in [2.05, 4.69) is 18.3 Å². The fourth-order valence-electron chi connectivity index (χ4n) is 4.34.